The number of unbranched alkanes of at least 4 members (excludes halogenated alkanes) is 1. The Kier molecular flexibility index (Phi) is 12.0. The summed E-state index contributed by atoms with van der Waals surface area (Å²) in [6, 6.07) is 0. The van der Waals surface area contributed by atoms with Crippen molar-refractivity contribution in [3.63, 3.8) is 0 Å². The van der Waals surface area contributed by atoms with Gasteiger partial charge in [-0.05, 0) is 18.6 Å². The van der Waals surface area contributed by atoms with Crippen LogP contribution in [0.1, 0.15) is 19.8 Å². The van der Waals surface area contributed by atoms with E-state index in [1.165, 1.54) is 0 Å². The van der Waals surface area contributed by atoms with Crippen LogP contribution in [0.2, 0.25) is 0 Å². The maximum atomic E-state index is 4.88. The zero-order valence-corrected chi connectivity index (χ0v) is 7.90. The van der Waals surface area contributed by atoms with Crippen LogP contribution in [-0.4, -0.2) is 11.0 Å². The molecule has 0 aliphatic carbocycles. The third kappa shape index (κ3) is 12.0. The summed E-state index contributed by atoms with van der Waals surface area (Å²) < 4.78 is 5.22. The summed E-state index contributed by atoms with van der Waals surface area (Å²) in [6.07, 6.45) is 2.19. The van der Waals surface area contributed by atoms with Gasteiger partial charge in [0, 0.05) is 16.5 Å². The van der Waals surface area contributed by atoms with Crippen LogP contribution < -0.4 is 0 Å². The predicted octanol–water partition coefficient (Wildman–Crippen LogP) is 2.02. The molecule has 58 valence electrons. The number of thiocarbonyl (C=S) groups is 1. The molecule has 0 aliphatic rings. The standard InChI is InChI=1S/C5H10OS2.Ni/c1-2-3-4-6-5(7)8;/h2-4H2,1H3,(H,7,8);. The van der Waals surface area contributed by atoms with Gasteiger partial charge in [-0.1, -0.05) is 26.0 Å². The molecule has 0 aromatic rings. The molecule has 4 heteroatoms. The fourth-order valence-corrected chi connectivity index (χ4v) is 0.478. The van der Waals surface area contributed by atoms with Crippen LogP contribution in [0.5, 0.6) is 0 Å². The van der Waals surface area contributed by atoms with E-state index in [2.05, 4.69) is 31.8 Å². The molecule has 0 unspecified atom stereocenters. The number of hydrogen-bond acceptors (Lipinski definition) is 2. The quantitative estimate of drug-likeness (QED) is 0.329. The average Bonchev–Trinajstić information content (AvgIpc) is 1.66. The second-order valence-electron chi connectivity index (χ2n) is 1.47. The number of thiol groups is 1. The molecule has 0 bridgehead atoms. The Bertz CT molecular complexity index is 77.4. The molecule has 0 rings (SSSR count). The van der Waals surface area contributed by atoms with Gasteiger partial charge in [-0.3, -0.25) is 0 Å². The topological polar surface area (TPSA) is 9.23 Å². The first-order valence-corrected chi connectivity index (χ1v) is 3.48. The van der Waals surface area contributed by atoms with Crippen molar-refractivity contribution < 1.29 is 21.2 Å². The van der Waals surface area contributed by atoms with Gasteiger partial charge in [0.05, 0.1) is 6.61 Å². The maximum Gasteiger partial charge on any atom is 0.216 e. The molecule has 0 radical (unpaired) electrons. The van der Waals surface area contributed by atoms with Gasteiger partial charge in [-0.2, -0.15) is 0 Å². The second-order valence-corrected chi connectivity index (χ2v) is 2.55. The second kappa shape index (κ2) is 8.73. The van der Waals surface area contributed by atoms with Crippen molar-refractivity contribution in [2.24, 2.45) is 0 Å². The summed E-state index contributed by atoms with van der Waals surface area (Å²) in [5, 5.41) is 0. The Morgan fingerprint density at radius 2 is 2.22 bits per heavy atom. The SMILES string of the molecule is CCCCOC(=S)S.[Ni]. The van der Waals surface area contributed by atoms with Crippen LogP contribution in [0.4, 0.5) is 0 Å². The minimum absolute atomic E-state index is 0. The smallest absolute Gasteiger partial charge is 0.216 e. The van der Waals surface area contributed by atoms with Gasteiger partial charge in [0.25, 0.3) is 0 Å². The molecular weight excluding hydrogens is 199 g/mol. The summed E-state index contributed by atoms with van der Waals surface area (Å²) in [5.41, 5.74) is 0. The van der Waals surface area contributed by atoms with E-state index in [1.807, 2.05) is 0 Å². The van der Waals surface area contributed by atoms with Gasteiger partial charge in [-0.15, -0.1) is 0 Å². The molecule has 0 N–H and O–H groups in total. The van der Waals surface area contributed by atoms with Crippen molar-refractivity contribution in [3.05, 3.63) is 0 Å². The van der Waals surface area contributed by atoms with Gasteiger partial charge in [-0.25, -0.2) is 0 Å². The largest absolute Gasteiger partial charge is 0.479 e. The van der Waals surface area contributed by atoms with Crippen LogP contribution in [0.25, 0.3) is 0 Å². The third-order valence-corrected chi connectivity index (χ3v) is 0.970. The van der Waals surface area contributed by atoms with Crippen LogP contribution >= 0.6 is 24.8 Å². The fraction of sp³-hybridized carbons (Fsp3) is 0.800. The van der Waals surface area contributed by atoms with Crippen molar-refractivity contribution in [1.82, 2.24) is 0 Å². The minimum Gasteiger partial charge on any atom is -0.479 e. The van der Waals surface area contributed by atoms with Crippen molar-refractivity contribution in [2.45, 2.75) is 19.8 Å². The van der Waals surface area contributed by atoms with E-state index in [-0.39, 0.29) is 16.5 Å². The third-order valence-electron chi connectivity index (χ3n) is 0.723. The number of rotatable bonds is 3. The molecule has 9 heavy (non-hydrogen) atoms. The molecule has 1 nitrogen and oxygen atoms in total. The molecular formula is C5H10NiOS2. The maximum absolute atomic E-state index is 4.88. The van der Waals surface area contributed by atoms with E-state index >= 15 is 0 Å². The molecule has 0 atom stereocenters. The van der Waals surface area contributed by atoms with Gasteiger partial charge in [0.15, 0.2) is 0 Å². The Labute approximate surface area is 76.9 Å². The molecule has 0 saturated heterocycles. The van der Waals surface area contributed by atoms with Crippen molar-refractivity contribution in [2.75, 3.05) is 6.61 Å². The Morgan fingerprint density at radius 1 is 1.67 bits per heavy atom. The Hall–Kier alpha value is 0.734. The van der Waals surface area contributed by atoms with E-state index in [0.717, 1.165) is 12.8 Å². The molecule has 0 aliphatic heterocycles. The summed E-state index contributed by atoms with van der Waals surface area (Å²) >= 11 is 8.33. The van der Waals surface area contributed by atoms with E-state index in [1.54, 1.807) is 0 Å². The normalized spacial score (nSPS) is 7.78. The van der Waals surface area contributed by atoms with E-state index < -0.39 is 0 Å². The Morgan fingerprint density at radius 3 is 2.56 bits per heavy atom. The average molecular weight is 209 g/mol. The molecule has 0 aromatic heterocycles. The molecule has 0 heterocycles. The molecule has 0 aromatic carbocycles. The van der Waals surface area contributed by atoms with Crippen molar-refractivity contribution in [3.8, 4) is 0 Å². The molecule has 0 spiro atoms. The minimum atomic E-state index is 0. The zero-order chi connectivity index (χ0) is 6.41. The number of hydrogen-bond donors (Lipinski definition) is 1. The van der Waals surface area contributed by atoms with E-state index in [9.17, 15) is 0 Å². The molecule has 0 fully saturated rings. The van der Waals surface area contributed by atoms with Crippen molar-refractivity contribution >= 4 is 29.2 Å². The van der Waals surface area contributed by atoms with E-state index in [4.69, 9.17) is 4.74 Å². The number of ether oxygens (including phenoxy) is 1. The summed E-state index contributed by atoms with van der Waals surface area (Å²) in [4.78, 5) is 0. The van der Waals surface area contributed by atoms with Gasteiger partial charge < -0.3 is 4.74 Å². The van der Waals surface area contributed by atoms with Gasteiger partial charge >= 0.3 is 0 Å². The summed E-state index contributed by atoms with van der Waals surface area (Å²) in [7, 11) is 0. The van der Waals surface area contributed by atoms with Gasteiger partial charge in [0.2, 0.25) is 4.38 Å². The Balaban J connectivity index is 0. The van der Waals surface area contributed by atoms with Crippen LogP contribution in [0, 0.1) is 0 Å². The predicted molar refractivity (Wildman–Crippen MR) is 42.4 cm³/mol. The summed E-state index contributed by atoms with van der Waals surface area (Å²) in [5.74, 6) is 0. The van der Waals surface area contributed by atoms with Crippen LogP contribution in [0.3, 0.4) is 0 Å². The monoisotopic (exact) mass is 208 g/mol. The zero-order valence-electron chi connectivity index (χ0n) is 5.20. The first kappa shape index (κ1) is 12.4. The first-order valence-electron chi connectivity index (χ1n) is 2.63. The van der Waals surface area contributed by atoms with Crippen molar-refractivity contribution in [1.29, 1.82) is 0 Å². The van der Waals surface area contributed by atoms with E-state index in [0.29, 0.717) is 11.0 Å². The first-order chi connectivity index (χ1) is 3.77. The molecule has 0 amide bonds. The summed E-state index contributed by atoms with van der Waals surface area (Å²) in [6.45, 7) is 2.81. The fourth-order valence-electron chi connectivity index (χ4n) is 0.304. The van der Waals surface area contributed by atoms with Crippen LogP contribution in [-0.2, 0) is 21.2 Å². The van der Waals surface area contributed by atoms with Crippen LogP contribution in [0.15, 0.2) is 0 Å². The van der Waals surface area contributed by atoms with Gasteiger partial charge in [0.1, 0.15) is 0 Å². The molecule has 0 saturated carbocycles.